The van der Waals surface area contributed by atoms with Gasteiger partial charge in [0.25, 0.3) is 0 Å². The summed E-state index contributed by atoms with van der Waals surface area (Å²) in [6.07, 6.45) is 0.489. The van der Waals surface area contributed by atoms with Crippen LogP contribution >= 0.6 is 0 Å². The van der Waals surface area contributed by atoms with Gasteiger partial charge in [-0.25, -0.2) is 4.39 Å². The Morgan fingerprint density at radius 3 is 2.86 bits per heavy atom. The predicted molar refractivity (Wildman–Crippen MR) is 134 cm³/mol. The lowest BCUT2D eigenvalue weighted by molar-refractivity contribution is -0.117. The molecule has 36 heavy (non-hydrogen) atoms. The number of nitrogens with one attached hydrogen (secondary N) is 1. The van der Waals surface area contributed by atoms with E-state index in [9.17, 15) is 9.18 Å². The number of anilines is 1. The van der Waals surface area contributed by atoms with Crippen molar-refractivity contribution < 1.29 is 23.4 Å². The van der Waals surface area contributed by atoms with E-state index in [4.69, 9.17) is 14.2 Å². The van der Waals surface area contributed by atoms with Crippen LogP contribution in [0.2, 0.25) is 0 Å². The highest BCUT2D eigenvalue weighted by atomic mass is 19.1. The standard InChI is InChI=1S/C28H26FN3O4/c1-3-34-28-31-22-10-7-18(29)12-25(22)32(28)24-6-4-5-21-23(15-36-27(21)24)30-19-8-9-20-17(11-16(2)33)14-35-26(20)13-19/h4-10,12-13,17,23,30H,3,11,14-15H2,1-2H3. The van der Waals surface area contributed by atoms with E-state index >= 15 is 0 Å². The zero-order chi connectivity index (χ0) is 24.8. The summed E-state index contributed by atoms with van der Waals surface area (Å²) in [6, 6.07) is 16.7. The molecule has 184 valence electrons. The van der Waals surface area contributed by atoms with Crippen LogP contribution in [-0.4, -0.2) is 35.2 Å². The molecular formula is C28H26FN3O4. The first-order valence-corrected chi connectivity index (χ1v) is 12.1. The Morgan fingerprint density at radius 2 is 2.03 bits per heavy atom. The van der Waals surface area contributed by atoms with Gasteiger partial charge in [-0.05, 0) is 38.1 Å². The highest BCUT2D eigenvalue weighted by Gasteiger charge is 2.30. The third-order valence-corrected chi connectivity index (χ3v) is 6.66. The van der Waals surface area contributed by atoms with Crippen molar-refractivity contribution in [2.24, 2.45) is 0 Å². The van der Waals surface area contributed by atoms with Crippen LogP contribution in [-0.2, 0) is 4.79 Å². The van der Waals surface area contributed by atoms with Gasteiger partial charge in [0.05, 0.1) is 36.0 Å². The summed E-state index contributed by atoms with van der Waals surface area (Å²) in [6.45, 7) is 4.89. The van der Waals surface area contributed by atoms with Gasteiger partial charge < -0.3 is 24.3 Å². The van der Waals surface area contributed by atoms with Crippen molar-refractivity contribution in [3.05, 3.63) is 71.5 Å². The largest absolute Gasteiger partial charge is 0.493 e. The van der Waals surface area contributed by atoms with Crippen LogP contribution in [0.25, 0.3) is 16.7 Å². The predicted octanol–water partition coefficient (Wildman–Crippen LogP) is 5.56. The van der Waals surface area contributed by atoms with Gasteiger partial charge in [0.15, 0.2) is 0 Å². The number of halogens is 1. The van der Waals surface area contributed by atoms with Crippen molar-refractivity contribution in [3.8, 4) is 23.2 Å². The Labute approximate surface area is 207 Å². The van der Waals surface area contributed by atoms with Crippen molar-refractivity contribution >= 4 is 22.5 Å². The van der Waals surface area contributed by atoms with Crippen LogP contribution in [0.1, 0.15) is 43.4 Å². The first kappa shape index (κ1) is 22.4. The average Bonchev–Trinajstić information content (AvgIpc) is 3.54. The van der Waals surface area contributed by atoms with Gasteiger partial charge >= 0.3 is 6.01 Å². The number of Topliss-reactive ketones (excluding diaryl/α,β-unsaturated/α-hetero) is 1. The fourth-order valence-corrected chi connectivity index (χ4v) is 5.09. The molecule has 7 nitrogen and oxygen atoms in total. The normalized spacial score (nSPS) is 17.9. The second-order valence-corrected chi connectivity index (χ2v) is 9.17. The molecule has 2 atom stereocenters. The third-order valence-electron chi connectivity index (χ3n) is 6.66. The van der Waals surface area contributed by atoms with E-state index in [0.717, 1.165) is 28.3 Å². The molecule has 2 aliphatic rings. The zero-order valence-electron chi connectivity index (χ0n) is 20.1. The Hall–Kier alpha value is -4.07. The number of hydrogen-bond acceptors (Lipinski definition) is 6. The molecule has 3 aromatic carbocycles. The van der Waals surface area contributed by atoms with Crippen molar-refractivity contribution in [1.29, 1.82) is 0 Å². The number of ketones is 1. The molecule has 3 heterocycles. The number of rotatable bonds is 7. The quantitative estimate of drug-likeness (QED) is 0.368. The van der Waals surface area contributed by atoms with Crippen LogP contribution < -0.4 is 19.5 Å². The Kier molecular flexibility index (Phi) is 5.51. The number of para-hydroxylation sites is 1. The third kappa shape index (κ3) is 3.82. The summed E-state index contributed by atoms with van der Waals surface area (Å²) in [5, 5.41) is 3.55. The SMILES string of the molecule is CCOc1nc2ccc(F)cc2n1-c1cccc2c1OCC2Nc1ccc2c(c1)OCC2CC(C)=O. The molecule has 6 rings (SSSR count). The van der Waals surface area contributed by atoms with Crippen LogP contribution in [0, 0.1) is 5.82 Å². The van der Waals surface area contributed by atoms with Crippen LogP contribution in [0.15, 0.2) is 54.6 Å². The minimum absolute atomic E-state index is 0.0884. The van der Waals surface area contributed by atoms with Crippen LogP contribution in [0.5, 0.6) is 17.5 Å². The number of fused-ring (bicyclic) bond motifs is 3. The summed E-state index contributed by atoms with van der Waals surface area (Å²) < 4.78 is 33.8. The number of hydrogen-bond donors (Lipinski definition) is 1. The first-order valence-electron chi connectivity index (χ1n) is 12.1. The molecule has 0 aliphatic carbocycles. The van der Waals surface area contributed by atoms with Gasteiger partial charge in [0.2, 0.25) is 0 Å². The molecule has 8 heteroatoms. The molecule has 0 saturated carbocycles. The topological polar surface area (TPSA) is 74.6 Å². The molecule has 4 aromatic rings. The lowest BCUT2D eigenvalue weighted by Gasteiger charge is -2.15. The maximum Gasteiger partial charge on any atom is 0.302 e. The number of aromatic nitrogens is 2. The van der Waals surface area contributed by atoms with Crippen LogP contribution in [0.3, 0.4) is 0 Å². The number of carbonyl (C=O) groups is 1. The second kappa shape index (κ2) is 8.86. The van der Waals surface area contributed by atoms with E-state index in [1.54, 1.807) is 13.0 Å². The molecule has 1 aromatic heterocycles. The number of benzene rings is 3. The first-order chi connectivity index (χ1) is 17.5. The van der Waals surface area contributed by atoms with Gasteiger partial charge in [0.1, 0.15) is 29.7 Å². The van der Waals surface area contributed by atoms with Gasteiger partial charge in [-0.15, -0.1) is 0 Å². The maximum atomic E-state index is 14.1. The number of carbonyl (C=O) groups excluding carboxylic acids is 1. The Morgan fingerprint density at radius 1 is 1.14 bits per heavy atom. The second-order valence-electron chi connectivity index (χ2n) is 9.17. The van der Waals surface area contributed by atoms with Crippen molar-refractivity contribution in [3.63, 3.8) is 0 Å². The van der Waals surface area contributed by atoms with Crippen molar-refractivity contribution in [1.82, 2.24) is 9.55 Å². The fraction of sp³-hybridized carbons (Fsp3) is 0.286. The van der Waals surface area contributed by atoms with Gasteiger partial charge in [0, 0.05) is 41.3 Å². The molecular weight excluding hydrogens is 461 g/mol. The van der Waals surface area contributed by atoms with E-state index in [-0.39, 0.29) is 23.6 Å². The molecule has 0 spiro atoms. The van der Waals surface area contributed by atoms with Crippen molar-refractivity contribution in [2.45, 2.75) is 32.2 Å². The summed E-state index contributed by atoms with van der Waals surface area (Å²) >= 11 is 0. The molecule has 2 aliphatic heterocycles. The summed E-state index contributed by atoms with van der Waals surface area (Å²) in [7, 11) is 0. The number of ether oxygens (including phenoxy) is 3. The number of nitrogens with zero attached hydrogens (tertiary/aromatic N) is 2. The van der Waals surface area contributed by atoms with Crippen molar-refractivity contribution in [2.75, 3.05) is 25.1 Å². The van der Waals surface area contributed by atoms with Gasteiger partial charge in [-0.2, -0.15) is 4.98 Å². The molecule has 0 radical (unpaired) electrons. The van der Waals surface area contributed by atoms with Gasteiger partial charge in [-0.3, -0.25) is 4.57 Å². The molecule has 0 saturated heterocycles. The average molecular weight is 488 g/mol. The highest BCUT2D eigenvalue weighted by Crippen LogP contribution is 2.43. The lowest BCUT2D eigenvalue weighted by Crippen LogP contribution is -2.11. The maximum absolute atomic E-state index is 14.1. The van der Waals surface area contributed by atoms with E-state index in [1.165, 1.54) is 12.1 Å². The minimum Gasteiger partial charge on any atom is -0.493 e. The zero-order valence-corrected chi connectivity index (χ0v) is 20.1. The monoisotopic (exact) mass is 487 g/mol. The molecule has 1 N–H and O–H groups in total. The molecule has 0 bridgehead atoms. The lowest BCUT2D eigenvalue weighted by atomic mass is 9.96. The van der Waals surface area contributed by atoms with Gasteiger partial charge in [-0.1, -0.05) is 18.2 Å². The molecule has 0 fully saturated rings. The summed E-state index contributed by atoms with van der Waals surface area (Å²) in [5.74, 6) is 1.45. The minimum atomic E-state index is -0.343. The van der Waals surface area contributed by atoms with E-state index in [2.05, 4.69) is 10.3 Å². The number of imidazole rings is 1. The smallest absolute Gasteiger partial charge is 0.302 e. The fourth-order valence-electron chi connectivity index (χ4n) is 5.09. The summed E-state index contributed by atoms with van der Waals surface area (Å²) in [5.41, 5.74) is 4.98. The summed E-state index contributed by atoms with van der Waals surface area (Å²) in [4.78, 5) is 16.1. The van der Waals surface area contributed by atoms with E-state index in [0.29, 0.717) is 49.0 Å². The molecule has 2 unspecified atom stereocenters. The molecule has 0 amide bonds. The van der Waals surface area contributed by atoms with E-state index in [1.807, 2.05) is 47.9 Å². The Bertz CT molecular complexity index is 1480. The van der Waals surface area contributed by atoms with E-state index < -0.39 is 0 Å². The Balaban J connectivity index is 1.33. The highest BCUT2D eigenvalue weighted by molar-refractivity contribution is 5.80. The van der Waals surface area contributed by atoms with Crippen LogP contribution in [0.4, 0.5) is 10.1 Å².